The number of anilines is 1. The van der Waals surface area contributed by atoms with Crippen LogP contribution in [0.1, 0.15) is 43.9 Å². The van der Waals surface area contributed by atoms with Crippen molar-refractivity contribution in [2.75, 3.05) is 18.0 Å². The maximum Gasteiger partial charge on any atom is 0.264 e. The standard InChI is InChI=1S/C31H39N3O5S/c1-7-29(31(36)32-22(2)3)33(20-25-10-8-9-24(5)19-25)30(35)21-34(26-13-15-27(39-6)16-14-26)40(37,38)28-17-11-23(4)12-18-28/h8-19,22,29H,7,20-21H2,1-6H3,(H,32,36)/t29-/m1/s1. The van der Waals surface area contributed by atoms with Crippen LogP contribution in [-0.2, 0) is 26.2 Å². The lowest BCUT2D eigenvalue weighted by Crippen LogP contribution is -2.53. The van der Waals surface area contributed by atoms with Gasteiger partial charge in [-0.3, -0.25) is 13.9 Å². The van der Waals surface area contributed by atoms with Gasteiger partial charge in [-0.15, -0.1) is 0 Å². The summed E-state index contributed by atoms with van der Waals surface area (Å²) in [5, 5.41) is 2.91. The van der Waals surface area contributed by atoms with E-state index in [4.69, 9.17) is 4.74 Å². The first-order valence-corrected chi connectivity index (χ1v) is 14.8. The van der Waals surface area contributed by atoms with Gasteiger partial charge in [-0.2, -0.15) is 0 Å². The van der Waals surface area contributed by atoms with Gasteiger partial charge in [0.25, 0.3) is 10.0 Å². The monoisotopic (exact) mass is 565 g/mol. The molecular weight excluding hydrogens is 526 g/mol. The molecule has 1 atom stereocenters. The lowest BCUT2D eigenvalue weighted by molar-refractivity contribution is -0.140. The third-order valence-electron chi connectivity index (χ3n) is 6.50. The van der Waals surface area contributed by atoms with Crippen LogP contribution in [0.15, 0.2) is 77.7 Å². The Balaban J connectivity index is 2.07. The van der Waals surface area contributed by atoms with Gasteiger partial charge in [-0.1, -0.05) is 54.4 Å². The van der Waals surface area contributed by atoms with E-state index in [9.17, 15) is 18.0 Å². The Morgan fingerprint density at radius 3 is 2.12 bits per heavy atom. The second-order valence-electron chi connectivity index (χ2n) is 10.1. The molecule has 3 aromatic carbocycles. The van der Waals surface area contributed by atoms with Crippen LogP contribution in [0.25, 0.3) is 0 Å². The van der Waals surface area contributed by atoms with E-state index in [1.165, 1.54) is 24.1 Å². The minimum absolute atomic E-state index is 0.0662. The first-order valence-electron chi connectivity index (χ1n) is 13.3. The molecule has 40 heavy (non-hydrogen) atoms. The Morgan fingerprint density at radius 2 is 1.57 bits per heavy atom. The van der Waals surface area contributed by atoms with Crippen molar-refractivity contribution in [1.82, 2.24) is 10.2 Å². The zero-order valence-corrected chi connectivity index (χ0v) is 24.9. The highest BCUT2D eigenvalue weighted by molar-refractivity contribution is 7.92. The van der Waals surface area contributed by atoms with Crippen molar-refractivity contribution in [2.45, 2.75) is 64.6 Å². The molecule has 0 heterocycles. The molecule has 1 N–H and O–H groups in total. The topological polar surface area (TPSA) is 96.0 Å². The quantitative estimate of drug-likeness (QED) is 0.339. The second kappa shape index (κ2) is 13.5. The fraction of sp³-hybridized carbons (Fsp3) is 0.355. The highest BCUT2D eigenvalue weighted by Crippen LogP contribution is 2.27. The number of rotatable bonds is 12. The number of sulfonamides is 1. The molecule has 0 bridgehead atoms. The molecular formula is C31H39N3O5S. The number of carbonyl (C=O) groups excluding carboxylic acids is 2. The maximum absolute atomic E-state index is 14.1. The molecule has 0 spiro atoms. The normalized spacial score (nSPS) is 12.1. The number of ether oxygens (including phenoxy) is 1. The molecule has 214 valence electrons. The van der Waals surface area contributed by atoms with Crippen LogP contribution in [0.4, 0.5) is 5.69 Å². The fourth-order valence-electron chi connectivity index (χ4n) is 4.42. The van der Waals surface area contributed by atoms with Gasteiger partial charge < -0.3 is 15.0 Å². The van der Waals surface area contributed by atoms with Gasteiger partial charge >= 0.3 is 0 Å². The molecule has 8 nitrogen and oxygen atoms in total. The second-order valence-corrected chi connectivity index (χ2v) is 12.0. The number of carbonyl (C=O) groups is 2. The minimum atomic E-state index is -4.13. The van der Waals surface area contributed by atoms with E-state index in [1.54, 1.807) is 36.4 Å². The lowest BCUT2D eigenvalue weighted by Gasteiger charge is -2.33. The van der Waals surface area contributed by atoms with Crippen molar-refractivity contribution in [2.24, 2.45) is 0 Å². The Kier molecular flexibility index (Phi) is 10.3. The number of aryl methyl sites for hydroxylation is 2. The van der Waals surface area contributed by atoms with Crippen LogP contribution in [0, 0.1) is 13.8 Å². The minimum Gasteiger partial charge on any atom is -0.497 e. The summed E-state index contributed by atoms with van der Waals surface area (Å²) in [5.74, 6) is -0.213. The van der Waals surface area contributed by atoms with Crippen LogP contribution in [0.2, 0.25) is 0 Å². The van der Waals surface area contributed by atoms with Crippen molar-refractivity contribution in [1.29, 1.82) is 0 Å². The van der Waals surface area contributed by atoms with Crippen LogP contribution in [0.3, 0.4) is 0 Å². The third-order valence-corrected chi connectivity index (χ3v) is 8.29. The van der Waals surface area contributed by atoms with Gasteiger partial charge in [0.2, 0.25) is 11.8 Å². The van der Waals surface area contributed by atoms with E-state index < -0.39 is 28.5 Å². The van der Waals surface area contributed by atoms with Crippen molar-refractivity contribution < 1.29 is 22.7 Å². The summed E-state index contributed by atoms with van der Waals surface area (Å²) >= 11 is 0. The van der Waals surface area contributed by atoms with Gasteiger partial charge in [0.05, 0.1) is 17.7 Å². The Labute approximate surface area is 238 Å². The fourth-order valence-corrected chi connectivity index (χ4v) is 5.84. The smallest absolute Gasteiger partial charge is 0.264 e. The first-order chi connectivity index (χ1) is 19.0. The summed E-state index contributed by atoms with van der Waals surface area (Å²) in [7, 11) is -2.60. The summed E-state index contributed by atoms with van der Waals surface area (Å²) in [6.45, 7) is 9.06. The van der Waals surface area contributed by atoms with Crippen LogP contribution >= 0.6 is 0 Å². The number of benzene rings is 3. The van der Waals surface area contributed by atoms with Crippen LogP contribution in [-0.4, -0.2) is 50.9 Å². The zero-order valence-electron chi connectivity index (χ0n) is 24.0. The predicted octanol–water partition coefficient (Wildman–Crippen LogP) is 4.84. The van der Waals surface area contributed by atoms with Crippen LogP contribution in [0.5, 0.6) is 5.75 Å². The Hall–Kier alpha value is -3.85. The van der Waals surface area contributed by atoms with Gasteiger partial charge in [-0.25, -0.2) is 8.42 Å². The van der Waals surface area contributed by atoms with Gasteiger partial charge in [0.1, 0.15) is 18.3 Å². The van der Waals surface area contributed by atoms with E-state index in [2.05, 4.69) is 5.32 Å². The molecule has 3 rings (SSSR count). The molecule has 0 aromatic heterocycles. The summed E-state index contributed by atoms with van der Waals surface area (Å²) in [4.78, 5) is 28.8. The molecule has 9 heteroatoms. The summed E-state index contributed by atoms with van der Waals surface area (Å²) < 4.78 is 34.2. The summed E-state index contributed by atoms with van der Waals surface area (Å²) in [6.07, 6.45) is 0.364. The highest BCUT2D eigenvalue weighted by atomic mass is 32.2. The van der Waals surface area contributed by atoms with E-state index in [1.807, 2.05) is 58.9 Å². The average Bonchev–Trinajstić information content (AvgIpc) is 2.91. The molecule has 0 radical (unpaired) electrons. The number of amides is 2. The van der Waals surface area contributed by atoms with Crippen molar-refractivity contribution in [3.63, 3.8) is 0 Å². The molecule has 0 saturated carbocycles. The number of nitrogens with zero attached hydrogens (tertiary/aromatic N) is 2. The molecule has 0 aliphatic rings. The van der Waals surface area contributed by atoms with Gasteiger partial charge in [0, 0.05) is 12.6 Å². The van der Waals surface area contributed by atoms with Gasteiger partial charge in [0.15, 0.2) is 0 Å². The number of methoxy groups -OCH3 is 1. The maximum atomic E-state index is 14.1. The molecule has 0 aliphatic heterocycles. The van der Waals surface area contributed by atoms with E-state index in [0.29, 0.717) is 17.9 Å². The number of hydrogen-bond acceptors (Lipinski definition) is 5. The molecule has 0 aliphatic carbocycles. The van der Waals surface area contributed by atoms with Crippen LogP contribution < -0.4 is 14.4 Å². The summed E-state index contributed by atoms with van der Waals surface area (Å²) in [6, 6.07) is 19.8. The lowest BCUT2D eigenvalue weighted by atomic mass is 10.1. The molecule has 0 fully saturated rings. The molecule has 2 amide bonds. The van der Waals surface area contributed by atoms with E-state index >= 15 is 0 Å². The number of hydrogen-bond donors (Lipinski definition) is 1. The Morgan fingerprint density at radius 1 is 0.925 bits per heavy atom. The molecule has 3 aromatic rings. The Bertz CT molecular complexity index is 1400. The van der Waals surface area contributed by atoms with Gasteiger partial charge in [-0.05, 0) is 76.1 Å². The molecule has 0 unspecified atom stereocenters. The van der Waals surface area contributed by atoms with E-state index in [0.717, 1.165) is 21.0 Å². The molecule has 0 saturated heterocycles. The average molecular weight is 566 g/mol. The zero-order chi connectivity index (χ0) is 29.4. The largest absolute Gasteiger partial charge is 0.497 e. The van der Waals surface area contributed by atoms with Crippen molar-refractivity contribution >= 4 is 27.5 Å². The van der Waals surface area contributed by atoms with E-state index in [-0.39, 0.29) is 23.4 Å². The number of nitrogens with one attached hydrogen (secondary N) is 1. The first kappa shape index (κ1) is 30.7. The van der Waals surface area contributed by atoms with Crippen molar-refractivity contribution in [3.05, 3.63) is 89.5 Å². The predicted molar refractivity (Wildman–Crippen MR) is 158 cm³/mol. The van der Waals surface area contributed by atoms with Crippen molar-refractivity contribution in [3.8, 4) is 5.75 Å². The highest BCUT2D eigenvalue weighted by Gasteiger charge is 2.33. The summed E-state index contributed by atoms with van der Waals surface area (Å²) in [5.41, 5.74) is 3.09. The SMILES string of the molecule is CC[C@H](C(=O)NC(C)C)N(Cc1cccc(C)c1)C(=O)CN(c1ccc(OC)cc1)S(=O)(=O)c1ccc(C)cc1. The third kappa shape index (κ3) is 7.63.